The molecular formula is C18H13IN6OS2. The third-order valence-electron chi connectivity index (χ3n) is 3.86. The molecule has 0 spiro atoms. The second-order valence-corrected chi connectivity index (χ2v) is 8.34. The number of nitrogens with zero attached hydrogens (tertiary/aromatic N) is 4. The molecule has 4 aromatic rings. The molecule has 0 aliphatic heterocycles. The molecule has 7 nitrogen and oxygen atoms in total. The van der Waals surface area contributed by atoms with Crippen LogP contribution in [0.5, 0.6) is 0 Å². The molecule has 0 radical (unpaired) electrons. The first-order valence-electron chi connectivity index (χ1n) is 8.17. The van der Waals surface area contributed by atoms with E-state index in [-0.39, 0.29) is 11.0 Å². The minimum atomic E-state index is -0.247. The second-order valence-electron chi connectivity index (χ2n) is 5.82. The van der Waals surface area contributed by atoms with Gasteiger partial charge in [0.25, 0.3) is 5.91 Å². The first kappa shape index (κ1) is 18.9. The number of halogens is 1. The summed E-state index contributed by atoms with van der Waals surface area (Å²) in [7, 11) is 0. The minimum Gasteiger partial charge on any atom is -0.332 e. The molecule has 1 amide bonds. The molecule has 140 valence electrons. The fourth-order valence-corrected chi connectivity index (χ4v) is 4.26. The predicted octanol–water partition coefficient (Wildman–Crippen LogP) is 3.89. The van der Waals surface area contributed by atoms with Gasteiger partial charge >= 0.3 is 0 Å². The first-order chi connectivity index (χ1) is 13.5. The Balaban J connectivity index is 1.49. The largest absolute Gasteiger partial charge is 0.332 e. The summed E-state index contributed by atoms with van der Waals surface area (Å²) in [6.45, 7) is 1.86. The van der Waals surface area contributed by atoms with E-state index in [1.165, 1.54) is 11.3 Å². The van der Waals surface area contributed by atoms with Gasteiger partial charge < -0.3 is 5.32 Å². The van der Waals surface area contributed by atoms with Gasteiger partial charge in [-0.25, -0.2) is 0 Å². The topological polar surface area (TPSA) is 84.2 Å². The first-order valence-corrected chi connectivity index (χ1v) is 10.5. The summed E-state index contributed by atoms with van der Waals surface area (Å²) in [5.74, 6) is 0.494. The van der Waals surface area contributed by atoms with E-state index < -0.39 is 0 Å². The van der Waals surface area contributed by atoms with Gasteiger partial charge in [0.1, 0.15) is 5.01 Å². The average Bonchev–Trinajstić information content (AvgIpc) is 3.24. The van der Waals surface area contributed by atoms with Crippen molar-refractivity contribution in [1.29, 1.82) is 0 Å². The monoisotopic (exact) mass is 520 g/mol. The highest BCUT2D eigenvalue weighted by Gasteiger charge is 2.13. The smallest absolute Gasteiger partial charge is 0.258 e. The number of aromatic nitrogens is 4. The highest BCUT2D eigenvalue weighted by atomic mass is 127. The molecule has 0 bridgehead atoms. The van der Waals surface area contributed by atoms with Crippen LogP contribution in [0.25, 0.3) is 15.5 Å². The van der Waals surface area contributed by atoms with Gasteiger partial charge in [-0.1, -0.05) is 35.6 Å². The third-order valence-corrected chi connectivity index (χ3v) is 5.95. The molecule has 28 heavy (non-hydrogen) atoms. The third kappa shape index (κ3) is 3.88. The van der Waals surface area contributed by atoms with Gasteiger partial charge in [0.2, 0.25) is 4.96 Å². The zero-order chi connectivity index (χ0) is 19.7. The van der Waals surface area contributed by atoms with Crippen molar-refractivity contribution in [1.82, 2.24) is 25.1 Å². The van der Waals surface area contributed by atoms with E-state index in [4.69, 9.17) is 12.2 Å². The van der Waals surface area contributed by atoms with Crippen molar-refractivity contribution in [2.75, 3.05) is 5.32 Å². The number of hydrogen-bond donors (Lipinski definition) is 2. The van der Waals surface area contributed by atoms with Crippen molar-refractivity contribution in [3.05, 3.63) is 63.5 Å². The van der Waals surface area contributed by atoms with Crippen molar-refractivity contribution in [3.8, 4) is 10.6 Å². The number of nitrogens with one attached hydrogen (secondary N) is 2. The zero-order valence-corrected chi connectivity index (χ0v) is 18.3. The lowest BCUT2D eigenvalue weighted by molar-refractivity contribution is 0.0977. The van der Waals surface area contributed by atoms with Crippen molar-refractivity contribution >= 4 is 67.8 Å². The Hall–Kier alpha value is -2.44. The van der Waals surface area contributed by atoms with Crippen molar-refractivity contribution in [3.63, 3.8) is 0 Å². The lowest BCUT2D eigenvalue weighted by Crippen LogP contribution is -2.34. The van der Waals surface area contributed by atoms with Gasteiger partial charge in [0, 0.05) is 14.8 Å². The number of carbonyl (C=O) groups excluding carboxylic acids is 1. The fourth-order valence-electron chi connectivity index (χ4n) is 2.54. The Morgan fingerprint density at radius 2 is 2.00 bits per heavy atom. The standard InChI is InChI=1S/C18H13IN6OS2/c1-10-22-23-18-25(10)24-16(28-18)11-5-4-6-12(9-11)20-17(27)21-15(26)13-7-2-3-8-14(13)19/h2-9H,1H3,(H2,20,21,26,27). The molecule has 10 heteroatoms. The van der Waals surface area contributed by atoms with Gasteiger partial charge in [0.15, 0.2) is 10.9 Å². The van der Waals surface area contributed by atoms with Crippen LogP contribution in [0.2, 0.25) is 0 Å². The van der Waals surface area contributed by atoms with Crippen LogP contribution in [0.4, 0.5) is 5.69 Å². The number of thiocarbonyl (C=S) groups is 1. The van der Waals surface area contributed by atoms with Crippen LogP contribution in [0.15, 0.2) is 48.5 Å². The van der Waals surface area contributed by atoms with Crippen LogP contribution in [0.3, 0.4) is 0 Å². The van der Waals surface area contributed by atoms with Crippen LogP contribution >= 0.6 is 46.1 Å². The average molecular weight is 520 g/mol. The van der Waals surface area contributed by atoms with Gasteiger partial charge in [0.05, 0.1) is 5.56 Å². The Bertz CT molecular complexity index is 1200. The molecule has 2 N–H and O–H groups in total. The van der Waals surface area contributed by atoms with Gasteiger partial charge in [-0.3, -0.25) is 10.1 Å². The summed E-state index contributed by atoms with van der Waals surface area (Å²) in [4.78, 5) is 13.1. The molecule has 0 saturated heterocycles. The molecule has 2 aromatic carbocycles. The number of benzene rings is 2. The predicted molar refractivity (Wildman–Crippen MR) is 122 cm³/mol. The Morgan fingerprint density at radius 1 is 1.18 bits per heavy atom. The molecular weight excluding hydrogens is 507 g/mol. The maximum absolute atomic E-state index is 12.4. The molecule has 0 aliphatic carbocycles. The summed E-state index contributed by atoms with van der Waals surface area (Å²) < 4.78 is 2.58. The van der Waals surface area contributed by atoms with Crippen molar-refractivity contribution < 1.29 is 4.79 Å². The van der Waals surface area contributed by atoms with Crippen LogP contribution in [0, 0.1) is 10.5 Å². The summed E-state index contributed by atoms with van der Waals surface area (Å²) in [6, 6.07) is 15.0. The Morgan fingerprint density at radius 3 is 2.79 bits per heavy atom. The van der Waals surface area contributed by atoms with Crippen LogP contribution in [0.1, 0.15) is 16.2 Å². The number of anilines is 1. The number of amides is 1. The highest BCUT2D eigenvalue weighted by Crippen LogP contribution is 2.27. The van der Waals surface area contributed by atoms with Crippen LogP contribution in [-0.2, 0) is 0 Å². The molecule has 2 heterocycles. The number of fused-ring (bicyclic) bond motifs is 1. The Labute approximate surface area is 183 Å². The highest BCUT2D eigenvalue weighted by molar-refractivity contribution is 14.1. The summed E-state index contributed by atoms with van der Waals surface area (Å²) >= 11 is 8.87. The lowest BCUT2D eigenvalue weighted by atomic mass is 10.2. The molecule has 0 atom stereocenters. The maximum atomic E-state index is 12.4. The second kappa shape index (κ2) is 7.89. The summed E-state index contributed by atoms with van der Waals surface area (Å²) in [5.41, 5.74) is 2.26. The number of hydrogen-bond acceptors (Lipinski definition) is 6. The van der Waals surface area contributed by atoms with Crippen molar-refractivity contribution in [2.45, 2.75) is 6.92 Å². The van der Waals surface area contributed by atoms with E-state index in [0.29, 0.717) is 5.56 Å². The fraction of sp³-hybridized carbons (Fsp3) is 0.0556. The molecule has 0 fully saturated rings. The molecule has 2 aromatic heterocycles. The van der Waals surface area contributed by atoms with E-state index in [1.807, 2.05) is 49.4 Å². The SMILES string of the molecule is Cc1nnc2sc(-c3cccc(NC(=S)NC(=O)c4ccccc4I)c3)nn12. The molecule has 0 unspecified atom stereocenters. The molecule has 0 aliphatic rings. The summed E-state index contributed by atoms with van der Waals surface area (Å²) in [5, 5.41) is 19.4. The quantitative estimate of drug-likeness (QED) is 0.315. The number of aryl methyl sites for hydroxylation is 1. The Kier molecular flexibility index (Phi) is 5.33. The molecule has 0 saturated carbocycles. The minimum absolute atomic E-state index is 0.232. The van der Waals surface area contributed by atoms with E-state index in [9.17, 15) is 4.79 Å². The van der Waals surface area contributed by atoms with E-state index >= 15 is 0 Å². The molecule has 4 rings (SSSR count). The van der Waals surface area contributed by atoms with Gasteiger partial charge in [-0.15, -0.1) is 10.2 Å². The van der Waals surface area contributed by atoms with Gasteiger partial charge in [-0.2, -0.15) is 9.61 Å². The van der Waals surface area contributed by atoms with Gasteiger partial charge in [-0.05, 0) is 66.0 Å². The number of rotatable bonds is 3. The zero-order valence-electron chi connectivity index (χ0n) is 14.5. The maximum Gasteiger partial charge on any atom is 0.258 e. The van der Waals surface area contributed by atoms with Crippen LogP contribution < -0.4 is 10.6 Å². The normalized spacial score (nSPS) is 10.8. The van der Waals surface area contributed by atoms with Crippen LogP contribution in [-0.4, -0.2) is 30.8 Å². The lowest BCUT2D eigenvalue weighted by Gasteiger charge is -2.11. The van der Waals surface area contributed by atoms with Crippen molar-refractivity contribution in [2.24, 2.45) is 0 Å². The van der Waals surface area contributed by atoms with E-state index in [1.54, 1.807) is 10.6 Å². The number of carbonyl (C=O) groups is 1. The summed E-state index contributed by atoms with van der Waals surface area (Å²) in [6.07, 6.45) is 0. The van der Waals surface area contributed by atoms with E-state index in [2.05, 4.69) is 48.5 Å². The van der Waals surface area contributed by atoms with E-state index in [0.717, 1.165) is 30.6 Å².